The van der Waals surface area contributed by atoms with Crippen LogP contribution in [-0.4, -0.2) is 23.0 Å². The number of hydrogen-bond donors (Lipinski definition) is 1. The predicted octanol–water partition coefficient (Wildman–Crippen LogP) is 3.04. The highest BCUT2D eigenvalue weighted by Gasteiger charge is 2.19. The molecule has 0 aliphatic rings. The zero-order chi connectivity index (χ0) is 15.5. The lowest BCUT2D eigenvalue weighted by molar-refractivity contribution is 0.102. The standard InChI is InChI=1S/C16H19N3O2/c1-16(2,3)11-6-7-13(21-4)12(10-11)14(20)19-15-17-8-5-9-18-15/h5-10H,1-4H3,(H,17,18,19,20). The molecule has 0 bridgehead atoms. The first kappa shape index (κ1) is 15.0. The van der Waals surface area contributed by atoms with Gasteiger partial charge in [0.2, 0.25) is 5.95 Å². The van der Waals surface area contributed by atoms with Gasteiger partial charge in [0, 0.05) is 12.4 Å². The normalized spacial score (nSPS) is 11.0. The van der Waals surface area contributed by atoms with E-state index in [0.717, 1.165) is 5.56 Å². The van der Waals surface area contributed by atoms with Crippen LogP contribution in [0.1, 0.15) is 36.7 Å². The lowest BCUT2D eigenvalue weighted by Crippen LogP contribution is -2.17. The van der Waals surface area contributed by atoms with Gasteiger partial charge in [-0.3, -0.25) is 10.1 Å². The summed E-state index contributed by atoms with van der Waals surface area (Å²) in [7, 11) is 1.54. The third-order valence-electron chi connectivity index (χ3n) is 3.10. The van der Waals surface area contributed by atoms with E-state index >= 15 is 0 Å². The van der Waals surface area contributed by atoms with Crippen molar-refractivity contribution in [1.29, 1.82) is 0 Å². The molecular formula is C16H19N3O2. The number of anilines is 1. The second-order valence-electron chi connectivity index (χ2n) is 5.69. The van der Waals surface area contributed by atoms with E-state index in [9.17, 15) is 4.79 Å². The van der Waals surface area contributed by atoms with Crippen LogP contribution in [0, 0.1) is 0 Å². The molecule has 1 heterocycles. The first-order valence-electron chi connectivity index (χ1n) is 6.68. The van der Waals surface area contributed by atoms with Crippen LogP contribution in [0.4, 0.5) is 5.95 Å². The summed E-state index contributed by atoms with van der Waals surface area (Å²) in [5.41, 5.74) is 1.48. The summed E-state index contributed by atoms with van der Waals surface area (Å²) >= 11 is 0. The van der Waals surface area contributed by atoms with Crippen LogP contribution in [0.5, 0.6) is 5.75 Å². The number of aromatic nitrogens is 2. The van der Waals surface area contributed by atoms with Crippen LogP contribution in [0.3, 0.4) is 0 Å². The van der Waals surface area contributed by atoms with Crippen molar-refractivity contribution in [3.63, 3.8) is 0 Å². The molecule has 0 unspecified atom stereocenters. The van der Waals surface area contributed by atoms with Crippen molar-refractivity contribution in [3.8, 4) is 5.75 Å². The smallest absolute Gasteiger partial charge is 0.261 e. The topological polar surface area (TPSA) is 64.1 Å². The first-order valence-corrected chi connectivity index (χ1v) is 6.68. The predicted molar refractivity (Wildman–Crippen MR) is 81.7 cm³/mol. The maximum absolute atomic E-state index is 12.4. The van der Waals surface area contributed by atoms with Crippen molar-refractivity contribution in [2.24, 2.45) is 0 Å². The number of methoxy groups -OCH3 is 1. The maximum Gasteiger partial charge on any atom is 0.261 e. The Bertz CT molecular complexity index is 634. The Morgan fingerprint density at radius 3 is 2.43 bits per heavy atom. The van der Waals surface area contributed by atoms with Gasteiger partial charge in [-0.1, -0.05) is 26.8 Å². The van der Waals surface area contributed by atoms with Gasteiger partial charge in [0.05, 0.1) is 12.7 Å². The van der Waals surface area contributed by atoms with E-state index in [4.69, 9.17) is 4.74 Å². The van der Waals surface area contributed by atoms with Crippen molar-refractivity contribution in [3.05, 3.63) is 47.8 Å². The monoisotopic (exact) mass is 285 g/mol. The molecule has 0 spiro atoms. The summed E-state index contributed by atoms with van der Waals surface area (Å²) in [5.74, 6) is 0.506. The lowest BCUT2D eigenvalue weighted by Gasteiger charge is -2.20. The quantitative estimate of drug-likeness (QED) is 0.941. The summed E-state index contributed by atoms with van der Waals surface area (Å²) < 4.78 is 5.27. The lowest BCUT2D eigenvalue weighted by atomic mass is 9.86. The first-order chi connectivity index (χ1) is 9.91. The number of carbonyl (C=O) groups excluding carboxylic acids is 1. The molecule has 0 fully saturated rings. The Labute approximate surface area is 124 Å². The second-order valence-corrected chi connectivity index (χ2v) is 5.69. The van der Waals surface area contributed by atoms with Crippen LogP contribution in [-0.2, 0) is 5.41 Å². The molecule has 1 amide bonds. The van der Waals surface area contributed by atoms with Gasteiger partial charge in [-0.25, -0.2) is 9.97 Å². The number of ether oxygens (including phenoxy) is 1. The fraction of sp³-hybridized carbons (Fsp3) is 0.312. The van der Waals surface area contributed by atoms with Crippen molar-refractivity contribution in [1.82, 2.24) is 9.97 Å². The Kier molecular flexibility index (Phi) is 4.21. The van der Waals surface area contributed by atoms with E-state index in [1.165, 1.54) is 0 Å². The van der Waals surface area contributed by atoms with Crippen molar-refractivity contribution < 1.29 is 9.53 Å². The number of amides is 1. The van der Waals surface area contributed by atoms with E-state index in [0.29, 0.717) is 11.3 Å². The Hall–Kier alpha value is -2.43. The average Bonchev–Trinajstić information content (AvgIpc) is 2.46. The minimum Gasteiger partial charge on any atom is -0.496 e. The highest BCUT2D eigenvalue weighted by atomic mass is 16.5. The van der Waals surface area contributed by atoms with Crippen LogP contribution in [0.15, 0.2) is 36.7 Å². The van der Waals surface area contributed by atoms with Crippen LogP contribution in [0.2, 0.25) is 0 Å². The van der Waals surface area contributed by atoms with E-state index in [2.05, 4.69) is 36.1 Å². The molecule has 5 heteroatoms. The zero-order valence-corrected chi connectivity index (χ0v) is 12.7. The van der Waals surface area contributed by atoms with Gasteiger partial charge in [-0.15, -0.1) is 0 Å². The highest BCUT2D eigenvalue weighted by molar-refractivity contribution is 6.05. The third kappa shape index (κ3) is 3.56. The zero-order valence-electron chi connectivity index (χ0n) is 12.7. The molecular weight excluding hydrogens is 266 g/mol. The summed E-state index contributed by atoms with van der Waals surface area (Å²) in [6.45, 7) is 6.28. The summed E-state index contributed by atoms with van der Waals surface area (Å²) in [5, 5.41) is 2.67. The molecule has 0 radical (unpaired) electrons. The molecule has 0 atom stereocenters. The highest BCUT2D eigenvalue weighted by Crippen LogP contribution is 2.28. The van der Waals surface area contributed by atoms with E-state index < -0.39 is 0 Å². The average molecular weight is 285 g/mol. The molecule has 1 N–H and O–H groups in total. The fourth-order valence-electron chi connectivity index (χ4n) is 1.88. The van der Waals surface area contributed by atoms with E-state index in [-0.39, 0.29) is 17.3 Å². The third-order valence-corrected chi connectivity index (χ3v) is 3.10. The number of carbonyl (C=O) groups is 1. The van der Waals surface area contributed by atoms with Gasteiger partial charge in [0.25, 0.3) is 5.91 Å². The number of nitrogens with zero attached hydrogens (tertiary/aromatic N) is 2. The van der Waals surface area contributed by atoms with Gasteiger partial charge < -0.3 is 4.74 Å². The van der Waals surface area contributed by atoms with E-state index in [1.807, 2.05) is 12.1 Å². The number of hydrogen-bond acceptors (Lipinski definition) is 4. The van der Waals surface area contributed by atoms with Gasteiger partial charge in [0.1, 0.15) is 5.75 Å². The molecule has 2 rings (SSSR count). The van der Waals surface area contributed by atoms with Gasteiger partial charge in [-0.05, 0) is 29.2 Å². The van der Waals surface area contributed by atoms with Crippen molar-refractivity contribution in [2.75, 3.05) is 12.4 Å². The Morgan fingerprint density at radius 1 is 1.19 bits per heavy atom. The maximum atomic E-state index is 12.4. The molecule has 2 aromatic rings. The van der Waals surface area contributed by atoms with Crippen LogP contribution < -0.4 is 10.1 Å². The summed E-state index contributed by atoms with van der Waals surface area (Å²) in [6.07, 6.45) is 3.15. The molecule has 0 saturated heterocycles. The van der Waals surface area contributed by atoms with Crippen molar-refractivity contribution >= 4 is 11.9 Å². The Balaban J connectivity index is 2.34. The molecule has 110 valence electrons. The number of benzene rings is 1. The SMILES string of the molecule is COc1ccc(C(C)(C)C)cc1C(=O)Nc1ncccn1. The summed E-state index contributed by atoms with van der Waals surface area (Å²) in [6, 6.07) is 7.31. The van der Waals surface area contributed by atoms with Gasteiger partial charge in [-0.2, -0.15) is 0 Å². The number of nitrogens with one attached hydrogen (secondary N) is 1. The minimum absolute atomic E-state index is 0.0510. The van der Waals surface area contributed by atoms with Crippen LogP contribution in [0.25, 0.3) is 0 Å². The molecule has 0 aliphatic carbocycles. The molecule has 5 nitrogen and oxygen atoms in total. The van der Waals surface area contributed by atoms with E-state index in [1.54, 1.807) is 31.6 Å². The largest absolute Gasteiger partial charge is 0.496 e. The Morgan fingerprint density at radius 2 is 1.86 bits per heavy atom. The van der Waals surface area contributed by atoms with Gasteiger partial charge in [0.15, 0.2) is 0 Å². The molecule has 1 aromatic heterocycles. The molecule has 0 aliphatic heterocycles. The van der Waals surface area contributed by atoms with Crippen molar-refractivity contribution in [2.45, 2.75) is 26.2 Å². The number of rotatable bonds is 3. The molecule has 21 heavy (non-hydrogen) atoms. The van der Waals surface area contributed by atoms with Crippen LogP contribution >= 0.6 is 0 Å². The minimum atomic E-state index is -0.288. The van der Waals surface area contributed by atoms with Gasteiger partial charge >= 0.3 is 0 Å². The molecule has 0 saturated carbocycles. The summed E-state index contributed by atoms with van der Waals surface area (Å²) in [4.78, 5) is 20.4. The fourth-order valence-corrected chi connectivity index (χ4v) is 1.88. The second kappa shape index (κ2) is 5.91. The molecule has 1 aromatic carbocycles.